The van der Waals surface area contributed by atoms with Crippen molar-refractivity contribution < 1.29 is 14.9 Å². The Hall–Kier alpha value is -0.120. The van der Waals surface area contributed by atoms with Crippen molar-refractivity contribution in [2.24, 2.45) is 11.3 Å². The Bertz CT molecular complexity index is 201. The lowest BCUT2D eigenvalue weighted by Crippen LogP contribution is -2.37. The molecule has 0 radical (unpaired) electrons. The minimum Gasteiger partial charge on any atom is -0.394 e. The maximum atomic E-state index is 9.01. The number of hydrogen-bond acceptors (Lipinski definition) is 3. The Morgan fingerprint density at radius 2 is 1.94 bits per heavy atom. The zero-order chi connectivity index (χ0) is 12.2. The Labute approximate surface area is 98.8 Å². The zero-order valence-electron chi connectivity index (χ0n) is 10.8. The van der Waals surface area contributed by atoms with Gasteiger partial charge in [-0.05, 0) is 30.6 Å². The molecule has 0 spiro atoms. The van der Waals surface area contributed by atoms with Gasteiger partial charge in [0.25, 0.3) is 0 Å². The van der Waals surface area contributed by atoms with Crippen molar-refractivity contribution in [1.82, 2.24) is 0 Å². The Morgan fingerprint density at radius 3 is 2.44 bits per heavy atom. The quantitative estimate of drug-likeness (QED) is 0.759. The highest BCUT2D eigenvalue weighted by molar-refractivity contribution is 4.86. The highest BCUT2D eigenvalue weighted by atomic mass is 16.5. The molecule has 1 aliphatic carbocycles. The third kappa shape index (κ3) is 3.44. The lowest BCUT2D eigenvalue weighted by atomic mass is 9.67. The summed E-state index contributed by atoms with van der Waals surface area (Å²) in [7, 11) is 0. The molecule has 3 nitrogen and oxygen atoms in total. The van der Waals surface area contributed by atoms with Crippen LogP contribution < -0.4 is 0 Å². The fraction of sp³-hybridized carbons (Fsp3) is 1.00. The van der Waals surface area contributed by atoms with Crippen LogP contribution in [-0.4, -0.2) is 35.6 Å². The second-order valence-corrected chi connectivity index (χ2v) is 5.65. The summed E-state index contributed by atoms with van der Waals surface area (Å²) >= 11 is 0. The molecule has 1 aliphatic rings. The van der Waals surface area contributed by atoms with Crippen LogP contribution in [0.15, 0.2) is 0 Å². The minimum absolute atomic E-state index is 0.0919. The van der Waals surface area contributed by atoms with Crippen LogP contribution in [0.3, 0.4) is 0 Å². The fourth-order valence-corrected chi connectivity index (χ4v) is 2.51. The van der Waals surface area contributed by atoms with Gasteiger partial charge in [0.15, 0.2) is 0 Å². The standard InChI is InChI=1S/C13H26O3/c1-10(2)13(3)6-4-5-11(7-13)16-12(8-14)9-15/h10-12,14-15H,4-9H2,1-3H3. The van der Waals surface area contributed by atoms with E-state index in [1.54, 1.807) is 0 Å². The summed E-state index contributed by atoms with van der Waals surface area (Å²) in [4.78, 5) is 0. The van der Waals surface area contributed by atoms with Gasteiger partial charge in [-0.15, -0.1) is 0 Å². The molecule has 3 heteroatoms. The van der Waals surface area contributed by atoms with Crippen LogP contribution in [0.1, 0.15) is 46.5 Å². The van der Waals surface area contributed by atoms with E-state index in [1.807, 2.05) is 0 Å². The van der Waals surface area contributed by atoms with Crippen LogP contribution >= 0.6 is 0 Å². The van der Waals surface area contributed by atoms with Crippen LogP contribution in [0.5, 0.6) is 0 Å². The summed E-state index contributed by atoms with van der Waals surface area (Å²) in [5.74, 6) is 0.653. The molecule has 0 aromatic rings. The Kier molecular flexibility index (Phi) is 5.22. The van der Waals surface area contributed by atoms with Crippen LogP contribution in [0.25, 0.3) is 0 Å². The predicted octanol–water partition coefficient (Wildman–Crippen LogP) is 1.96. The van der Waals surface area contributed by atoms with Gasteiger partial charge in [0.1, 0.15) is 6.10 Å². The number of rotatable bonds is 5. The smallest absolute Gasteiger partial charge is 0.104 e. The summed E-state index contributed by atoms with van der Waals surface area (Å²) < 4.78 is 5.74. The van der Waals surface area contributed by atoms with Crippen LogP contribution in [0.4, 0.5) is 0 Å². The molecule has 0 bridgehead atoms. The first-order chi connectivity index (χ1) is 7.51. The van der Waals surface area contributed by atoms with Crippen molar-refractivity contribution in [1.29, 1.82) is 0 Å². The highest BCUT2D eigenvalue weighted by Gasteiger charge is 2.35. The summed E-state index contributed by atoms with van der Waals surface area (Å²) in [5, 5.41) is 18.0. The first-order valence-electron chi connectivity index (χ1n) is 6.39. The van der Waals surface area contributed by atoms with Crippen molar-refractivity contribution in [2.45, 2.75) is 58.7 Å². The summed E-state index contributed by atoms with van der Waals surface area (Å²) in [5.41, 5.74) is 0.346. The van der Waals surface area contributed by atoms with Crippen molar-refractivity contribution in [3.63, 3.8) is 0 Å². The molecule has 96 valence electrons. The van der Waals surface area contributed by atoms with Gasteiger partial charge in [-0.25, -0.2) is 0 Å². The summed E-state index contributed by atoms with van der Waals surface area (Å²) in [6.07, 6.45) is 4.33. The number of hydrogen-bond donors (Lipinski definition) is 2. The van der Waals surface area contributed by atoms with Gasteiger partial charge in [-0.2, -0.15) is 0 Å². The zero-order valence-corrected chi connectivity index (χ0v) is 10.8. The van der Waals surface area contributed by atoms with Crippen molar-refractivity contribution >= 4 is 0 Å². The molecule has 0 saturated heterocycles. The molecule has 0 heterocycles. The molecular weight excluding hydrogens is 204 g/mol. The van der Waals surface area contributed by atoms with Gasteiger partial charge in [-0.3, -0.25) is 0 Å². The Morgan fingerprint density at radius 1 is 1.31 bits per heavy atom. The first-order valence-corrected chi connectivity index (χ1v) is 6.39. The topological polar surface area (TPSA) is 49.7 Å². The molecule has 1 rings (SSSR count). The van der Waals surface area contributed by atoms with Crippen LogP contribution in [0.2, 0.25) is 0 Å². The second-order valence-electron chi connectivity index (χ2n) is 5.65. The lowest BCUT2D eigenvalue weighted by molar-refractivity contribution is -0.0972. The molecule has 0 aromatic heterocycles. The average Bonchev–Trinajstić information content (AvgIpc) is 2.26. The van der Waals surface area contributed by atoms with Crippen molar-refractivity contribution in [3.05, 3.63) is 0 Å². The average molecular weight is 230 g/mol. The maximum Gasteiger partial charge on any atom is 0.104 e. The van der Waals surface area contributed by atoms with Gasteiger partial charge >= 0.3 is 0 Å². The van der Waals surface area contributed by atoms with E-state index in [2.05, 4.69) is 20.8 Å². The maximum absolute atomic E-state index is 9.01. The molecule has 0 aliphatic heterocycles. The molecule has 2 atom stereocenters. The van der Waals surface area contributed by atoms with Gasteiger partial charge in [0.05, 0.1) is 19.3 Å². The number of ether oxygens (including phenoxy) is 1. The van der Waals surface area contributed by atoms with Gasteiger partial charge < -0.3 is 14.9 Å². The molecule has 2 unspecified atom stereocenters. The first kappa shape index (κ1) is 13.9. The number of aliphatic hydroxyl groups excluding tert-OH is 2. The molecule has 16 heavy (non-hydrogen) atoms. The predicted molar refractivity (Wildman–Crippen MR) is 64.2 cm³/mol. The minimum atomic E-state index is -0.403. The largest absolute Gasteiger partial charge is 0.394 e. The van der Waals surface area contributed by atoms with E-state index in [9.17, 15) is 0 Å². The Balaban J connectivity index is 2.50. The molecule has 2 N–H and O–H groups in total. The fourth-order valence-electron chi connectivity index (χ4n) is 2.51. The van der Waals surface area contributed by atoms with Crippen LogP contribution in [-0.2, 0) is 4.74 Å². The van der Waals surface area contributed by atoms with E-state index < -0.39 is 6.10 Å². The van der Waals surface area contributed by atoms with E-state index in [-0.39, 0.29) is 19.3 Å². The van der Waals surface area contributed by atoms with Gasteiger partial charge in [0.2, 0.25) is 0 Å². The molecular formula is C13H26O3. The van der Waals surface area contributed by atoms with E-state index in [4.69, 9.17) is 14.9 Å². The second kappa shape index (κ2) is 5.99. The van der Waals surface area contributed by atoms with Gasteiger partial charge in [0, 0.05) is 0 Å². The molecule has 0 aromatic carbocycles. The van der Waals surface area contributed by atoms with Crippen molar-refractivity contribution in [3.8, 4) is 0 Å². The lowest BCUT2D eigenvalue weighted by Gasteiger charge is -2.42. The van der Waals surface area contributed by atoms with Gasteiger partial charge in [-0.1, -0.05) is 27.2 Å². The third-order valence-corrected chi connectivity index (χ3v) is 4.15. The van der Waals surface area contributed by atoms with Crippen molar-refractivity contribution in [2.75, 3.05) is 13.2 Å². The monoisotopic (exact) mass is 230 g/mol. The van der Waals surface area contributed by atoms with E-state index in [0.717, 1.165) is 12.8 Å². The molecule has 1 fully saturated rings. The number of aliphatic hydroxyl groups is 2. The van der Waals surface area contributed by atoms with Crippen LogP contribution in [0, 0.1) is 11.3 Å². The van der Waals surface area contributed by atoms with E-state index in [1.165, 1.54) is 12.8 Å². The van der Waals surface area contributed by atoms with E-state index >= 15 is 0 Å². The molecule has 1 saturated carbocycles. The third-order valence-electron chi connectivity index (χ3n) is 4.15. The SMILES string of the molecule is CC(C)C1(C)CCCC(OC(CO)CO)C1. The summed E-state index contributed by atoms with van der Waals surface area (Å²) in [6.45, 7) is 6.66. The highest BCUT2D eigenvalue weighted by Crippen LogP contribution is 2.43. The molecule has 0 amide bonds. The normalized spacial score (nSPS) is 31.3. The van der Waals surface area contributed by atoms with E-state index in [0.29, 0.717) is 11.3 Å². The summed E-state index contributed by atoms with van der Waals surface area (Å²) in [6, 6.07) is 0.